The van der Waals surface area contributed by atoms with Crippen LogP contribution in [0.5, 0.6) is 0 Å². The van der Waals surface area contributed by atoms with E-state index < -0.39 is 0 Å². The predicted octanol–water partition coefficient (Wildman–Crippen LogP) is 4.16. The van der Waals surface area contributed by atoms with Crippen molar-refractivity contribution in [2.45, 2.75) is 26.7 Å². The molecule has 0 aliphatic heterocycles. The van der Waals surface area contributed by atoms with Crippen molar-refractivity contribution in [1.82, 2.24) is 9.97 Å². The average Bonchev–Trinajstić information content (AvgIpc) is 2.90. The van der Waals surface area contributed by atoms with E-state index in [0.29, 0.717) is 12.4 Å². The highest BCUT2D eigenvalue weighted by atomic mass is 16.1. The molecule has 2 aliphatic rings. The summed E-state index contributed by atoms with van der Waals surface area (Å²) in [6.45, 7) is 4.18. The number of carbonyl (C=O) groups excluding carboxylic acids is 1. The molecule has 0 bridgehead atoms. The summed E-state index contributed by atoms with van der Waals surface area (Å²) in [5, 5.41) is 0. The minimum atomic E-state index is -0.110. The van der Waals surface area contributed by atoms with Gasteiger partial charge < -0.3 is 5.73 Å². The zero-order valence-electron chi connectivity index (χ0n) is 13.8. The summed E-state index contributed by atoms with van der Waals surface area (Å²) in [4.78, 5) is 20.9. The van der Waals surface area contributed by atoms with Crippen LogP contribution in [0.2, 0.25) is 0 Å². The fraction of sp³-hybridized carbons (Fsp3) is 0.250. The number of nitrogen functional groups attached to an aromatic ring is 1. The molecule has 4 rings (SSSR count). The number of hydrogen-bond donors (Lipinski definition) is 1. The number of nitrogens with two attached hydrogens (primary N) is 1. The van der Waals surface area contributed by atoms with Crippen molar-refractivity contribution >= 4 is 23.4 Å². The maximum absolute atomic E-state index is 12.5. The van der Waals surface area contributed by atoms with E-state index in [1.807, 2.05) is 12.1 Å². The number of allylic oxidation sites excluding steroid dienone is 2. The van der Waals surface area contributed by atoms with Crippen LogP contribution in [0.1, 0.15) is 55.9 Å². The van der Waals surface area contributed by atoms with Gasteiger partial charge in [-0.1, -0.05) is 44.2 Å². The van der Waals surface area contributed by atoms with E-state index >= 15 is 0 Å². The third-order valence-corrected chi connectivity index (χ3v) is 4.67. The van der Waals surface area contributed by atoms with Crippen molar-refractivity contribution in [2.24, 2.45) is 5.41 Å². The van der Waals surface area contributed by atoms with Crippen LogP contribution < -0.4 is 5.73 Å². The highest BCUT2D eigenvalue weighted by Crippen LogP contribution is 2.35. The SMILES string of the molecule is CC1(C)C=Cc2cc(C3=CCc4nc(N)ncc43)ccc2C(=O)C1.[HH].[HH]. The fourth-order valence-electron chi connectivity index (χ4n) is 3.40. The predicted molar refractivity (Wildman–Crippen MR) is 99.7 cm³/mol. The van der Waals surface area contributed by atoms with Crippen LogP contribution >= 0.6 is 0 Å². The molecule has 24 heavy (non-hydrogen) atoms. The Morgan fingerprint density at radius 1 is 1.25 bits per heavy atom. The molecule has 0 amide bonds. The van der Waals surface area contributed by atoms with Crippen molar-refractivity contribution < 1.29 is 7.65 Å². The summed E-state index contributed by atoms with van der Waals surface area (Å²) in [5.74, 6) is 0.504. The minimum absolute atomic E-state index is 0. The normalized spacial score (nSPS) is 17.9. The lowest BCUT2D eigenvalue weighted by Gasteiger charge is -2.16. The lowest BCUT2D eigenvalue weighted by atomic mass is 9.87. The first-order chi connectivity index (χ1) is 11.4. The Hall–Kier alpha value is -2.75. The molecule has 0 saturated heterocycles. The van der Waals surface area contributed by atoms with Gasteiger partial charge in [-0.3, -0.25) is 4.79 Å². The Kier molecular flexibility index (Phi) is 3.17. The Morgan fingerprint density at radius 2 is 2.08 bits per heavy atom. The summed E-state index contributed by atoms with van der Waals surface area (Å²) in [5.41, 5.74) is 11.5. The van der Waals surface area contributed by atoms with Gasteiger partial charge in [-0.05, 0) is 28.2 Å². The first-order valence-corrected chi connectivity index (χ1v) is 8.12. The molecule has 2 N–H and O–H groups in total. The Balaban J connectivity index is 0.00000121. The number of aromatic nitrogens is 2. The summed E-state index contributed by atoms with van der Waals surface area (Å²) in [6, 6.07) is 6.04. The van der Waals surface area contributed by atoms with Gasteiger partial charge in [0.2, 0.25) is 5.95 Å². The molecular weight excluding hydrogens is 298 g/mol. The Morgan fingerprint density at radius 3 is 2.92 bits per heavy atom. The van der Waals surface area contributed by atoms with E-state index in [9.17, 15) is 4.79 Å². The van der Waals surface area contributed by atoms with Crippen LogP contribution in [0.25, 0.3) is 11.6 Å². The smallest absolute Gasteiger partial charge is 0.220 e. The van der Waals surface area contributed by atoms with Gasteiger partial charge in [0.05, 0.1) is 5.69 Å². The zero-order chi connectivity index (χ0) is 16.9. The van der Waals surface area contributed by atoms with Gasteiger partial charge in [-0.15, -0.1) is 0 Å². The summed E-state index contributed by atoms with van der Waals surface area (Å²) in [6.07, 6.45) is 9.42. The van der Waals surface area contributed by atoms with Crippen molar-refractivity contribution in [3.8, 4) is 0 Å². The topological polar surface area (TPSA) is 68.9 Å². The van der Waals surface area contributed by atoms with Crippen LogP contribution in [0.15, 0.2) is 36.5 Å². The molecule has 0 spiro atoms. The van der Waals surface area contributed by atoms with Crippen molar-refractivity contribution in [3.63, 3.8) is 0 Å². The van der Waals surface area contributed by atoms with E-state index in [0.717, 1.165) is 39.9 Å². The van der Waals surface area contributed by atoms with Crippen LogP contribution in [0.4, 0.5) is 5.95 Å². The maximum atomic E-state index is 12.5. The lowest BCUT2D eigenvalue weighted by molar-refractivity contribution is 0.0951. The van der Waals surface area contributed by atoms with Crippen LogP contribution in [-0.4, -0.2) is 15.8 Å². The standard InChI is InChI=1S/C20H19N3O.2H2/c1-20(2)8-7-13-9-12(3-4-15(13)18(24)10-20)14-5-6-17-16(14)11-22-19(21)23-17;;/h3-5,7-9,11H,6,10H2,1-2H3,(H2,21,22,23);2*1H. The van der Waals surface area contributed by atoms with Gasteiger partial charge in [0.15, 0.2) is 5.78 Å². The second kappa shape index (κ2) is 5.13. The van der Waals surface area contributed by atoms with E-state index in [-0.39, 0.29) is 14.1 Å². The van der Waals surface area contributed by atoms with Crippen molar-refractivity contribution in [1.29, 1.82) is 0 Å². The lowest BCUT2D eigenvalue weighted by Crippen LogP contribution is -2.13. The van der Waals surface area contributed by atoms with E-state index in [1.54, 1.807) is 6.20 Å². The number of ketones is 1. The number of hydrogen-bond acceptors (Lipinski definition) is 4. The van der Waals surface area contributed by atoms with Gasteiger partial charge in [0, 0.05) is 33.0 Å². The molecule has 0 unspecified atom stereocenters. The number of anilines is 1. The number of nitrogens with zero attached hydrogens (tertiary/aromatic N) is 2. The number of benzene rings is 1. The van der Waals surface area contributed by atoms with E-state index in [1.165, 1.54) is 0 Å². The number of rotatable bonds is 1. The van der Waals surface area contributed by atoms with Gasteiger partial charge >= 0.3 is 0 Å². The highest BCUT2D eigenvalue weighted by Gasteiger charge is 2.25. The summed E-state index contributed by atoms with van der Waals surface area (Å²) in [7, 11) is 0. The van der Waals surface area contributed by atoms with Gasteiger partial charge in [-0.25, -0.2) is 9.97 Å². The average molecular weight is 321 g/mol. The second-order valence-corrected chi connectivity index (χ2v) is 7.13. The highest BCUT2D eigenvalue weighted by molar-refractivity contribution is 6.01. The molecule has 0 atom stereocenters. The Bertz CT molecular complexity index is 933. The van der Waals surface area contributed by atoms with Gasteiger partial charge in [0.25, 0.3) is 0 Å². The van der Waals surface area contributed by atoms with Crippen molar-refractivity contribution in [3.05, 3.63) is 64.5 Å². The molecule has 2 aromatic rings. The summed E-state index contributed by atoms with van der Waals surface area (Å²) >= 11 is 0. The third kappa shape index (κ3) is 2.44. The molecule has 124 valence electrons. The number of Topliss-reactive ketones (excluding diaryl/α,β-unsaturated/α-hetero) is 1. The molecule has 0 saturated carbocycles. The largest absolute Gasteiger partial charge is 0.368 e. The second-order valence-electron chi connectivity index (χ2n) is 7.13. The molecule has 0 radical (unpaired) electrons. The van der Waals surface area contributed by atoms with Gasteiger partial charge in [0.1, 0.15) is 0 Å². The van der Waals surface area contributed by atoms with Crippen LogP contribution in [-0.2, 0) is 6.42 Å². The first-order valence-electron chi connectivity index (χ1n) is 8.12. The summed E-state index contributed by atoms with van der Waals surface area (Å²) < 4.78 is 0. The molecule has 0 fully saturated rings. The maximum Gasteiger partial charge on any atom is 0.220 e. The molecule has 1 heterocycles. The molecule has 1 aromatic heterocycles. The van der Waals surface area contributed by atoms with Crippen LogP contribution in [0.3, 0.4) is 0 Å². The fourth-order valence-corrected chi connectivity index (χ4v) is 3.40. The van der Waals surface area contributed by atoms with Crippen LogP contribution in [0, 0.1) is 5.41 Å². The molecular formula is C20H23N3O. The number of fused-ring (bicyclic) bond motifs is 2. The Labute approximate surface area is 144 Å². The monoisotopic (exact) mass is 321 g/mol. The first kappa shape index (κ1) is 14.8. The van der Waals surface area contributed by atoms with Gasteiger partial charge in [-0.2, -0.15) is 0 Å². The van der Waals surface area contributed by atoms with Crippen molar-refractivity contribution in [2.75, 3.05) is 5.73 Å². The third-order valence-electron chi connectivity index (χ3n) is 4.67. The molecule has 1 aromatic carbocycles. The van der Waals surface area contributed by atoms with E-state index in [2.05, 4.69) is 48.1 Å². The van der Waals surface area contributed by atoms with E-state index in [4.69, 9.17) is 5.73 Å². The molecule has 4 nitrogen and oxygen atoms in total. The number of carbonyl (C=O) groups is 1. The molecule has 4 heteroatoms. The zero-order valence-corrected chi connectivity index (χ0v) is 13.8. The molecule has 2 aliphatic carbocycles. The quantitative estimate of drug-likeness (QED) is 0.856. The minimum Gasteiger partial charge on any atom is -0.368 e.